The molecule has 3 heteroatoms. The van der Waals surface area contributed by atoms with Crippen molar-refractivity contribution in [1.29, 1.82) is 0 Å². The Morgan fingerprint density at radius 1 is 1.70 bits per heavy atom. The smallest absolute Gasteiger partial charge is 0.313 e. The quantitative estimate of drug-likeness (QED) is 0.445. The number of carbonyl (C=O) groups excluding carboxylic acids is 2. The molecule has 0 N–H and O–H groups in total. The van der Waals surface area contributed by atoms with Crippen LogP contribution in [0.1, 0.15) is 36.6 Å². The molecule has 0 aliphatic heterocycles. The predicted molar refractivity (Wildman–Crippen MR) is 36.5 cm³/mol. The molecule has 0 saturated carbocycles. The number of hydrogen-bond donors (Lipinski definition) is 0. The maximum atomic E-state index is 11.1. The molecule has 0 spiro atoms. The Bertz CT molecular complexity index is 302. The highest BCUT2D eigenvalue weighted by Gasteiger charge is 2.07. The van der Waals surface area contributed by atoms with Gasteiger partial charge in [-0.3, -0.25) is 9.59 Å². The molecule has 0 radical (unpaired) electrons. The minimum absolute atomic E-state index is 0.617. The largest absolute Gasteiger partial charge is 0.463 e. The number of ether oxygens (including phenoxy) is 1. The van der Waals surface area contributed by atoms with Crippen LogP contribution in [0, 0.1) is 0 Å². The fourth-order valence-electron chi connectivity index (χ4n) is 0.353. The molecule has 0 bridgehead atoms. The summed E-state index contributed by atoms with van der Waals surface area (Å²) in [6, 6.07) is 0. The van der Waals surface area contributed by atoms with Gasteiger partial charge in [-0.25, -0.2) is 0 Å². The van der Waals surface area contributed by atoms with Gasteiger partial charge >= 0.3 is 5.97 Å². The lowest BCUT2D eigenvalue weighted by atomic mass is 10.3. The SMILES string of the molecule is [2H]C([2H])([2H])C([2H])(OC(=O)CC(C)=O)C([2H])([2H])[2H]. The first-order valence-corrected chi connectivity index (χ1v) is 2.52. The van der Waals surface area contributed by atoms with Gasteiger partial charge in [0, 0.05) is 8.22 Å². The highest BCUT2D eigenvalue weighted by Crippen LogP contribution is 1.93. The summed E-state index contributed by atoms with van der Waals surface area (Å²) in [6.45, 7) is -5.63. The maximum absolute atomic E-state index is 11.1. The number of hydrogen-bond acceptors (Lipinski definition) is 3. The van der Waals surface area contributed by atoms with Crippen molar-refractivity contribution in [2.75, 3.05) is 0 Å². The van der Waals surface area contributed by atoms with Crippen LogP contribution < -0.4 is 0 Å². The lowest BCUT2D eigenvalue weighted by molar-refractivity contribution is -0.149. The van der Waals surface area contributed by atoms with Crippen LogP contribution in [0.4, 0.5) is 0 Å². The molecular weight excluding hydrogens is 132 g/mol. The van der Waals surface area contributed by atoms with E-state index in [2.05, 4.69) is 4.74 Å². The Morgan fingerprint density at radius 2 is 2.30 bits per heavy atom. The van der Waals surface area contributed by atoms with Crippen molar-refractivity contribution < 1.29 is 23.9 Å². The third kappa shape index (κ3) is 5.28. The van der Waals surface area contributed by atoms with Crippen LogP contribution in [0.15, 0.2) is 0 Å². The minimum atomic E-state index is -3.37. The zero-order chi connectivity index (χ0) is 14.1. The summed E-state index contributed by atoms with van der Waals surface area (Å²) >= 11 is 0. The Morgan fingerprint density at radius 3 is 2.70 bits per heavy atom. The normalized spacial score (nSPS) is 23.5. The second-order valence-corrected chi connectivity index (χ2v) is 1.68. The van der Waals surface area contributed by atoms with Gasteiger partial charge in [-0.05, 0) is 20.6 Å². The van der Waals surface area contributed by atoms with E-state index < -0.39 is 38.0 Å². The topological polar surface area (TPSA) is 43.4 Å². The van der Waals surface area contributed by atoms with Gasteiger partial charge in [0.15, 0.2) is 0 Å². The molecule has 0 unspecified atom stereocenters. The molecule has 0 aliphatic carbocycles. The summed E-state index contributed by atoms with van der Waals surface area (Å²) in [5, 5.41) is 0. The van der Waals surface area contributed by atoms with E-state index in [1.807, 2.05) is 0 Å². The van der Waals surface area contributed by atoms with Gasteiger partial charge in [0.2, 0.25) is 0 Å². The van der Waals surface area contributed by atoms with Crippen molar-refractivity contribution in [1.82, 2.24) is 0 Å². The van der Waals surface area contributed by atoms with Crippen LogP contribution in [-0.2, 0) is 14.3 Å². The molecule has 0 rings (SSSR count). The van der Waals surface area contributed by atoms with E-state index in [-0.39, 0.29) is 0 Å². The molecule has 0 aromatic heterocycles. The fourth-order valence-corrected chi connectivity index (χ4v) is 0.353. The van der Waals surface area contributed by atoms with Crippen LogP contribution in [0.5, 0.6) is 0 Å². The molecule has 10 heavy (non-hydrogen) atoms. The van der Waals surface area contributed by atoms with Gasteiger partial charge in [0.1, 0.15) is 12.2 Å². The van der Waals surface area contributed by atoms with E-state index in [1.54, 1.807) is 0 Å². The van der Waals surface area contributed by atoms with Crippen molar-refractivity contribution in [3.05, 3.63) is 0 Å². The minimum Gasteiger partial charge on any atom is -0.463 e. The van der Waals surface area contributed by atoms with Crippen LogP contribution in [0.2, 0.25) is 0 Å². The maximum Gasteiger partial charge on any atom is 0.313 e. The summed E-state index contributed by atoms with van der Waals surface area (Å²) in [5.41, 5.74) is 0. The molecule has 0 atom stereocenters. The zero-order valence-electron chi connectivity index (χ0n) is 12.4. The summed E-state index contributed by atoms with van der Waals surface area (Å²) in [6.07, 6.45) is -4.14. The van der Waals surface area contributed by atoms with Gasteiger partial charge in [-0.15, -0.1) is 0 Å². The van der Waals surface area contributed by atoms with Crippen LogP contribution in [0.3, 0.4) is 0 Å². The Kier molecular flexibility index (Phi) is 1.07. The number of carbonyl (C=O) groups is 2. The van der Waals surface area contributed by atoms with E-state index in [0.29, 0.717) is 0 Å². The predicted octanol–water partition coefficient (Wildman–Crippen LogP) is 0.917. The van der Waals surface area contributed by atoms with Gasteiger partial charge in [-0.1, -0.05) is 0 Å². The van der Waals surface area contributed by atoms with E-state index in [1.165, 1.54) is 0 Å². The van der Waals surface area contributed by atoms with Crippen molar-refractivity contribution in [3.8, 4) is 0 Å². The third-order valence-electron chi connectivity index (χ3n) is 0.609. The monoisotopic (exact) mass is 151 g/mol. The second-order valence-electron chi connectivity index (χ2n) is 1.68. The van der Waals surface area contributed by atoms with E-state index >= 15 is 0 Å². The van der Waals surface area contributed by atoms with Gasteiger partial charge < -0.3 is 4.74 Å². The molecular formula is C7H12O3. The first-order valence-electron chi connectivity index (χ1n) is 6.02. The summed E-state index contributed by atoms with van der Waals surface area (Å²) in [7, 11) is 0. The Hall–Kier alpha value is -0.860. The summed E-state index contributed by atoms with van der Waals surface area (Å²) in [4.78, 5) is 21.7. The van der Waals surface area contributed by atoms with E-state index in [0.717, 1.165) is 6.92 Å². The van der Waals surface area contributed by atoms with Crippen LogP contribution >= 0.6 is 0 Å². The van der Waals surface area contributed by atoms with Crippen molar-refractivity contribution in [3.63, 3.8) is 0 Å². The summed E-state index contributed by atoms with van der Waals surface area (Å²) < 4.78 is 53.1. The highest BCUT2D eigenvalue weighted by molar-refractivity contribution is 5.94. The molecule has 0 heterocycles. The second kappa shape index (κ2) is 4.04. The molecule has 0 saturated heterocycles. The van der Waals surface area contributed by atoms with E-state index in [9.17, 15) is 9.59 Å². The zero-order valence-corrected chi connectivity index (χ0v) is 5.43. The molecule has 0 aliphatic rings. The van der Waals surface area contributed by atoms with Crippen molar-refractivity contribution >= 4 is 11.8 Å². The fraction of sp³-hybridized carbons (Fsp3) is 0.714. The van der Waals surface area contributed by atoms with Gasteiger partial charge in [0.25, 0.3) is 0 Å². The Labute approximate surface area is 70.2 Å². The number of ketones is 1. The molecule has 58 valence electrons. The Balaban J connectivity index is 5.12. The van der Waals surface area contributed by atoms with Crippen LogP contribution in [0.25, 0.3) is 0 Å². The van der Waals surface area contributed by atoms with Crippen molar-refractivity contribution in [2.24, 2.45) is 0 Å². The third-order valence-corrected chi connectivity index (χ3v) is 0.609. The van der Waals surface area contributed by atoms with Crippen LogP contribution in [-0.4, -0.2) is 17.8 Å². The summed E-state index contributed by atoms with van der Waals surface area (Å²) in [5.74, 6) is -1.96. The molecule has 0 fully saturated rings. The molecule has 0 aromatic rings. The average Bonchev–Trinajstić information content (AvgIpc) is 1.97. The molecule has 0 amide bonds. The van der Waals surface area contributed by atoms with Gasteiger partial charge in [0.05, 0.1) is 7.45 Å². The van der Waals surface area contributed by atoms with Gasteiger partial charge in [-0.2, -0.15) is 0 Å². The average molecular weight is 151 g/mol. The number of Topliss-reactive ketones (excluding diaryl/α,β-unsaturated/α-hetero) is 1. The molecule has 0 aromatic carbocycles. The first-order chi connectivity index (χ1) is 7.31. The lowest BCUT2D eigenvalue weighted by Crippen LogP contribution is -2.13. The highest BCUT2D eigenvalue weighted by atomic mass is 16.5. The molecule has 3 nitrogen and oxygen atoms in total. The number of esters is 1. The van der Waals surface area contributed by atoms with Crippen molar-refractivity contribution in [2.45, 2.75) is 33.1 Å². The van der Waals surface area contributed by atoms with E-state index in [4.69, 9.17) is 9.60 Å². The first kappa shape index (κ1) is 2.64. The number of rotatable bonds is 3. The lowest BCUT2D eigenvalue weighted by Gasteiger charge is -2.05. The standard InChI is InChI=1S/C7H12O3/c1-5(2)10-7(9)4-6(3)8/h5H,4H2,1-3H3/i1D3,2D3,5D.